The highest BCUT2D eigenvalue weighted by Crippen LogP contribution is 2.20. The zero-order valence-corrected chi connectivity index (χ0v) is 3.66. The van der Waals surface area contributed by atoms with Crippen molar-refractivity contribution in [2.45, 2.75) is 18.8 Å². The summed E-state index contributed by atoms with van der Waals surface area (Å²) in [6.07, 6.45) is -0.536. The highest BCUT2D eigenvalue weighted by Gasteiger charge is 2.36. The molecule has 1 rings (SSSR count). The summed E-state index contributed by atoms with van der Waals surface area (Å²) in [5.41, 5.74) is 0. The number of hydrogen-bond acceptors (Lipinski definition) is 3. The first kappa shape index (κ1) is 4.57. The molecule has 0 aromatic heterocycles. The Hall–Kier alpha value is -0.590. The van der Waals surface area contributed by atoms with Gasteiger partial charge in [-0.3, -0.25) is 0 Å². The molecule has 0 bridgehead atoms. The smallest absolute Gasteiger partial charge is 0.182 e. The van der Waals surface area contributed by atoms with E-state index < -0.39 is 6.29 Å². The minimum atomic E-state index is -0.653. The first-order chi connectivity index (χ1) is 3.34. The molecule has 0 aromatic rings. The second-order valence-corrected chi connectivity index (χ2v) is 1.43. The third kappa shape index (κ3) is 0.889. The van der Waals surface area contributed by atoms with Gasteiger partial charge in [0.05, 0.1) is 12.5 Å². The average molecular weight is 99.1 g/mol. The van der Waals surface area contributed by atoms with Crippen LogP contribution in [-0.4, -0.2) is 17.5 Å². The van der Waals surface area contributed by atoms with Crippen LogP contribution >= 0.6 is 0 Å². The zero-order chi connectivity index (χ0) is 5.28. The Bertz CT molecular complexity index is 107. The topological polar surface area (TPSA) is 56.5 Å². The van der Waals surface area contributed by atoms with Crippen molar-refractivity contribution in [3.05, 3.63) is 0 Å². The maximum atomic E-state index is 8.38. The molecule has 1 heterocycles. The number of aliphatic hydroxyl groups excluding tert-OH is 1. The van der Waals surface area contributed by atoms with Gasteiger partial charge in [-0.15, -0.1) is 0 Å². The number of epoxide rings is 1. The average Bonchev–Trinajstić information content (AvgIpc) is 2.22. The molecule has 3 nitrogen and oxygen atoms in total. The molecular weight excluding hydrogens is 94.0 g/mol. The maximum Gasteiger partial charge on any atom is 0.182 e. The third-order valence-electron chi connectivity index (χ3n) is 0.848. The summed E-state index contributed by atoms with van der Waals surface area (Å²) in [6, 6.07) is 1.88. The van der Waals surface area contributed by atoms with Gasteiger partial charge in [0.2, 0.25) is 0 Å². The molecule has 0 radical (unpaired) electrons. The highest BCUT2D eigenvalue weighted by molar-refractivity contribution is 4.85. The van der Waals surface area contributed by atoms with Gasteiger partial charge < -0.3 is 9.84 Å². The molecule has 0 spiro atoms. The van der Waals surface area contributed by atoms with E-state index in [1.165, 1.54) is 0 Å². The molecule has 2 unspecified atom stereocenters. The van der Waals surface area contributed by atoms with Crippen LogP contribution < -0.4 is 0 Å². The van der Waals surface area contributed by atoms with Gasteiger partial charge in [-0.2, -0.15) is 5.26 Å². The van der Waals surface area contributed by atoms with Gasteiger partial charge in [0.1, 0.15) is 6.10 Å². The lowest BCUT2D eigenvalue weighted by molar-refractivity contribution is 0.156. The Morgan fingerprint density at radius 2 is 2.43 bits per heavy atom. The Labute approximate surface area is 41.1 Å². The van der Waals surface area contributed by atoms with E-state index in [2.05, 4.69) is 4.74 Å². The lowest BCUT2D eigenvalue weighted by Crippen LogP contribution is -1.87. The van der Waals surface area contributed by atoms with E-state index in [4.69, 9.17) is 10.4 Å². The number of aliphatic hydroxyl groups is 1. The van der Waals surface area contributed by atoms with Crippen molar-refractivity contribution in [2.24, 2.45) is 0 Å². The fraction of sp³-hybridized carbons (Fsp3) is 0.750. The van der Waals surface area contributed by atoms with Crippen LogP contribution in [0.5, 0.6) is 0 Å². The molecule has 0 aliphatic carbocycles. The third-order valence-corrected chi connectivity index (χ3v) is 0.848. The summed E-state index contributed by atoms with van der Waals surface area (Å²) in [4.78, 5) is 0. The highest BCUT2D eigenvalue weighted by atomic mass is 16.7. The number of hydrogen-bond donors (Lipinski definition) is 1. The van der Waals surface area contributed by atoms with E-state index in [-0.39, 0.29) is 6.10 Å². The molecule has 1 aliphatic heterocycles. The fourth-order valence-corrected chi connectivity index (χ4v) is 0.373. The normalized spacial score (nSPS) is 37.1. The fourth-order valence-electron chi connectivity index (χ4n) is 0.373. The lowest BCUT2D eigenvalue weighted by Gasteiger charge is -1.69. The molecule has 0 aromatic carbocycles. The SMILES string of the molecule is N#CCC1OC1O. The Morgan fingerprint density at radius 1 is 1.86 bits per heavy atom. The van der Waals surface area contributed by atoms with E-state index in [0.717, 1.165) is 0 Å². The van der Waals surface area contributed by atoms with E-state index in [0.29, 0.717) is 6.42 Å². The van der Waals surface area contributed by atoms with Gasteiger partial charge in [-0.25, -0.2) is 0 Å². The molecule has 2 atom stereocenters. The lowest BCUT2D eigenvalue weighted by atomic mass is 10.3. The van der Waals surface area contributed by atoms with Crippen molar-refractivity contribution in [3.63, 3.8) is 0 Å². The first-order valence-corrected chi connectivity index (χ1v) is 2.05. The second kappa shape index (κ2) is 1.49. The second-order valence-electron chi connectivity index (χ2n) is 1.43. The maximum absolute atomic E-state index is 8.38. The monoisotopic (exact) mass is 99.0 g/mol. The largest absolute Gasteiger partial charge is 0.366 e. The summed E-state index contributed by atoms with van der Waals surface area (Å²) in [5, 5.41) is 16.3. The predicted molar refractivity (Wildman–Crippen MR) is 21.1 cm³/mol. The van der Waals surface area contributed by atoms with Crippen molar-refractivity contribution >= 4 is 0 Å². The summed E-state index contributed by atoms with van der Waals surface area (Å²) >= 11 is 0. The Morgan fingerprint density at radius 3 is 2.57 bits per heavy atom. The molecule has 1 saturated heterocycles. The van der Waals surface area contributed by atoms with Crippen molar-refractivity contribution in [2.75, 3.05) is 0 Å². The van der Waals surface area contributed by atoms with E-state index in [1.54, 1.807) is 0 Å². The van der Waals surface area contributed by atoms with Crippen LogP contribution in [0.15, 0.2) is 0 Å². The molecule has 1 N–H and O–H groups in total. The van der Waals surface area contributed by atoms with E-state index in [9.17, 15) is 0 Å². The van der Waals surface area contributed by atoms with Gasteiger partial charge in [-0.1, -0.05) is 0 Å². The molecular formula is C4H5NO2. The van der Waals surface area contributed by atoms with Crippen LogP contribution in [0.1, 0.15) is 6.42 Å². The van der Waals surface area contributed by atoms with Crippen LogP contribution in [0, 0.1) is 11.3 Å². The van der Waals surface area contributed by atoms with Crippen LogP contribution in [-0.2, 0) is 4.74 Å². The molecule has 3 heteroatoms. The summed E-state index contributed by atoms with van der Waals surface area (Å²) < 4.78 is 4.49. The van der Waals surface area contributed by atoms with Crippen molar-refractivity contribution in [1.82, 2.24) is 0 Å². The standard InChI is InChI=1S/C4H5NO2/c5-2-1-3-4(6)7-3/h3-4,6H,1H2. The van der Waals surface area contributed by atoms with Crippen LogP contribution in [0.2, 0.25) is 0 Å². The van der Waals surface area contributed by atoms with E-state index >= 15 is 0 Å². The molecule has 38 valence electrons. The van der Waals surface area contributed by atoms with Gasteiger partial charge in [0.25, 0.3) is 0 Å². The Balaban J connectivity index is 2.12. The van der Waals surface area contributed by atoms with Crippen molar-refractivity contribution < 1.29 is 9.84 Å². The Kier molecular flexibility index (Phi) is 0.970. The number of nitriles is 1. The zero-order valence-electron chi connectivity index (χ0n) is 3.66. The predicted octanol–water partition coefficient (Wildman–Crippen LogP) is -0.383. The van der Waals surface area contributed by atoms with Gasteiger partial charge in [0, 0.05) is 0 Å². The minimum Gasteiger partial charge on any atom is -0.366 e. The summed E-state index contributed by atoms with van der Waals surface area (Å²) in [5.74, 6) is 0. The van der Waals surface area contributed by atoms with Crippen LogP contribution in [0.4, 0.5) is 0 Å². The van der Waals surface area contributed by atoms with Gasteiger partial charge in [-0.05, 0) is 0 Å². The molecule has 7 heavy (non-hydrogen) atoms. The first-order valence-electron chi connectivity index (χ1n) is 2.05. The van der Waals surface area contributed by atoms with Crippen LogP contribution in [0.25, 0.3) is 0 Å². The molecule has 1 aliphatic rings. The number of rotatable bonds is 1. The van der Waals surface area contributed by atoms with Crippen molar-refractivity contribution in [1.29, 1.82) is 5.26 Å². The van der Waals surface area contributed by atoms with E-state index in [1.807, 2.05) is 6.07 Å². The number of ether oxygens (including phenoxy) is 1. The molecule has 0 saturated carbocycles. The molecule has 1 fully saturated rings. The summed E-state index contributed by atoms with van der Waals surface area (Å²) in [7, 11) is 0. The molecule has 0 amide bonds. The minimum absolute atomic E-state index is 0.190. The van der Waals surface area contributed by atoms with Gasteiger partial charge >= 0.3 is 0 Å². The number of nitrogens with zero attached hydrogens (tertiary/aromatic N) is 1. The van der Waals surface area contributed by atoms with Gasteiger partial charge in [0.15, 0.2) is 6.29 Å². The summed E-state index contributed by atoms with van der Waals surface area (Å²) in [6.45, 7) is 0. The quantitative estimate of drug-likeness (QED) is 0.456. The van der Waals surface area contributed by atoms with Crippen molar-refractivity contribution in [3.8, 4) is 6.07 Å². The van der Waals surface area contributed by atoms with Crippen LogP contribution in [0.3, 0.4) is 0 Å².